The summed E-state index contributed by atoms with van der Waals surface area (Å²) in [6.07, 6.45) is 5.06. The predicted molar refractivity (Wildman–Crippen MR) is 96.1 cm³/mol. The molecule has 124 valence electrons. The molecule has 2 atom stereocenters. The molecule has 3 aliphatic rings. The van der Waals surface area contributed by atoms with Crippen LogP contribution in [0.15, 0.2) is 48.5 Å². The third-order valence-corrected chi connectivity index (χ3v) is 5.72. The van der Waals surface area contributed by atoms with Gasteiger partial charge in [0, 0.05) is 13.0 Å². The maximum absolute atomic E-state index is 6.48. The largest absolute Gasteiger partial charge is 0.301 e. The summed E-state index contributed by atoms with van der Waals surface area (Å²) in [4.78, 5) is 9.05. The standard InChI is InChI=1S/C21H24N2O/c1-3-9-19-16(7-1)13-17-8-2-4-10-20(17)23-21(19)14-18(24-23)15-22-11-5-6-12-22/h1-4,7-10,18,21H,5-6,11-15H2/t18-,21-/m0/s1. The molecule has 0 radical (unpaired) electrons. The molecule has 0 spiro atoms. The summed E-state index contributed by atoms with van der Waals surface area (Å²) in [5, 5.41) is 2.21. The van der Waals surface area contributed by atoms with Gasteiger partial charge in [-0.2, -0.15) is 0 Å². The average molecular weight is 320 g/mol. The minimum Gasteiger partial charge on any atom is -0.301 e. The van der Waals surface area contributed by atoms with E-state index < -0.39 is 0 Å². The summed E-state index contributed by atoms with van der Waals surface area (Å²) in [6, 6.07) is 18.0. The molecule has 0 amide bonds. The molecule has 0 saturated carbocycles. The number of rotatable bonds is 2. The Morgan fingerprint density at radius 3 is 2.54 bits per heavy atom. The van der Waals surface area contributed by atoms with E-state index in [0.717, 1.165) is 19.4 Å². The van der Waals surface area contributed by atoms with Crippen LogP contribution in [0.25, 0.3) is 0 Å². The van der Waals surface area contributed by atoms with E-state index in [1.807, 2.05) is 0 Å². The number of hydrogen-bond donors (Lipinski definition) is 0. The van der Waals surface area contributed by atoms with E-state index in [4.69, 9.17) is 4.84 Å². The fourth-order valence-corrected chi connectivity index (χ4v) is 4.56. The maximum Gasteiger partial charge on any atom is 0.101 e. The smallest absolute Gasteiger partial charge is 0.101 e. The van der Waals surface area contributed by atoms with Gasteiger partial charge in [0.2, 0.25) is 0 Å². The number of nitrogens with zero attached hydrogens (tertiary/aromatic N) is 2. The number of hydrogen-bond acceptors (Lipinski definition) is 3. The second-order valence-corrected chi connectivity index (χ2v) is 7.32. The van der Waals surface area contributed by atoms with Crippen molar-refractivity contribution in [2.45, 2.75) is 37.8 Å². The molecule has 0 aromatic heterocycles. The van der Waals surface area contributed by atoms with Crippen LogP contribution in [0, 0.1) is 0 Å². The van der Waals surface area contributed by atoms with E-state index in [9.17, 15) is 0 Å². The van der Waals surface area contributed by atoms with Crippen LogP contribution < -0.4 is 5.06 Å². The predicted octanol–water partition coefficient (Wildman–Crippen LogP) is 3.94. The van der Waals surface area contributed by atoms with Crippen LogP contribution >= 0.6 is 0 Å². The molecule has 0 unspecified atom stereocenters. The van der Waals surface area contributed by atoms with Crippen LogP contribution in [0.5, 0.6) is 0 Å². The number of likely N-dealkylation sites (tertiary alicyclic amines) is 1. The molecule has 0 N–H and O–H groups in total. The first kappa shape index (κ1) is 14.5. The third kappa shape index (κ3) is 2.43. The zero-order chi connectivity index (χ0) is 15.9. The monoisotopic (exact) mass is 320 g/mol. The number of anilines is 1. The van der Waals surface area contributed by atoms with Gasteiger partial charge >= 0.3 is 0 Å². The van der Waals surface area contributed by atoms with E-state index in [-0.39, 0.29) is 0 Å². The topological polar surface area (TPSA) is 15.7 Å². The lowest BCUT2D eigenvalue weighted by molar-refractivity contribution is 0.0592. The third-order valence-electron chi connectivity index (χ3n) is 5.72. The van der Waals surface area contributed by atoms with Crippen LogP contribution in [0.4, 0.5) is 5.69 Å². The molecule has 3 aliphatic heterocycles. The SMILES string of the molecule is c1ccc2c(c1)Cc1ccccc1N1O[C@H](CN3CCCC3)C[C@@H]21. The van der Waals surface area contributed by atoms with Gasteiger partial charge < -0.3 is 4.90 Å². The fraction of sp³-hybridized carbons (Fsp3) is 0.429. The van der Waals surface area contributed by atoms with Crippen molar-refractivity contribution in [1.29, 1.82) is 0 Å². The molecule has 2 aromatic carbocycles. The van der Waals surface area contributed by atoms with Gasteiger partial charge in [-0.15, -0.1) is 0 Å². The Hall–Kier alpha value is -1.84. The lowest BCUT2D eigenvalue weighted by Gasteiger charge is -2.25. The number of hydroxylamine groups is 1. The lowest BCUT2D eigenvalue weighted by Crippen LogP contribution is -2.31. The zero-order valence-electron chi connectivity index (χ0n) is 14.0. The normalized spacial score (nSPS) is 25.9. The van der Waals surface area contributed by atoms with E-state index in [1.54, 1.807) is 0 Å². The van der Waals surface area contributed by atoms with Gasteiger partial charge in [-0.25, -0.2) is 5.06 Å². The van der Waals surface area contributed by atoms with Crippen molar-refractivity contribution in [3.63, 3.8) is 0 Å². The second kappa shape index (κ2) is 5.91. The molecule has 2 aromatic rings. The quantitative estimate of drug-likeness (QED) is 0.833. The summed E-state index contributed by atoms with van der Waals surface area (Å²) in [5.74, 6) is 0. The molecule has 0 aliphatic carbocycles. The number of benzene rings is 2. The number of para-hydroxylation sites is 1. The first-order valence-electron chi connectivity index (χ1n) is 9.22. The summed E-state index contributed by atoms with van der Waals surface area (Å²) < 4.78 is 0. The van der Waals surface area contributed by atoms with Crippen LogP contribution in [0.1, 0.15) is 42.0 Å². The second-order valence-electron chi connectivity index (χ2n) is 7.32. The minimum atomic E-state index is 0.298. The van der Waals surface area contributed by atoms with Gasteiger partial charge in [0.05, 0.1) is 11.7 Å². The Bertz CT molecular complexity index is 685. The summed E-state index contributed by atoms with van der Waals surface area (Å²) in [5.41, 5.74) is 5.51. The van der Waals surface area contributed by atoms with Gasteiger partial charge in [0.25, 0.3) is 0 Å². The highest BCUT2D eigenvalue weighted by Gasteiger charge is 2.39. The van der Waals surface area contributed by atoms with Crippen molar-refractivity contribution >= 4 is 5.69 Å². The molecule has 5 rings (SSSR count). The average Bonchev–Trinajstić information content (AvgIpc) is 3.24. The van der Waals surface area contributed by atoms with Crippen molar-refractivity contribution in [2.24, 2.45) is 0 Å². The van der Waals surface area contributed by atoms with Crippen LogP contribution in [-0.4, -0.2) is 30.6 Å². The van der Waals surface area contributed by atoms with Crippen molar-refractivity contribution in [1.82, 2.24) is 4.90 Å². The summed E-state index contributed by atoms with van der Waals surface area (Å²) >= 11 is 0. The highest BCUT2D eigenvalue weighted by atomic mass is 16.7. The number of fused-ring (bicyclic) bond motifs is 5. The Labute approximate surface area is 143 Å². The van der Waals surface area contributed by atoms with E-state index in [2.05, 4.69) is 58.5 Å². The van der Waals surface area contributed by atoms with Crippen molar-refractivity contribution < 1.29 is 4.84 Å². The molecule has 2 saturated heterocycles. The Morgan fingerprint density at radius 2 is 1.67 bits per heavy atom. The highest BCUT2D eigenvalue weighted by Crippen LogP contribution is 2.44. The molecular weight excluding hydrogens is 296 g/mol. The van der Waals surface area contributed by atoms with E-state index in [0.29, 0.717) is 12.1 Å². The summed E-state index contributed by atoms with van der Waals surface area (Å²) in [6.45, 7) is 3.53. The van der Waals surface area contributed by atoms with Crippen molar-refractivity contribution in [3.8, 4) is 0 Å². The lowest BCUT2D eigenvalue weighted by atomic mass is 9.95. The highest BCUT2D eigenvalue weighted by molar-refractivity contribution is 5.59. The molecule has 24 heavy (non-hydrogen) atoms. The van der Waals surface area contributed by atoms with Crippen molar-refractivity contribution in [3.05, 3.63) is 65.2 Å². The van der Waals surface area contributed by atoms with Gasteiger partial charge in [-0.3, -0.25) is 4.84 Å². The van der Waals surface area contributed by atoms with Crippen LogP contribution in [0.2, 0.25) is 0 Å². The van der Waals surface area contributed by atoms with Crippen molar-refractivity contribution in [2.75, 3.05) is 24.7 Å². The first-order valence-corrected chi connectivity index (χ1v) is 9.22. The molecule has 3 nitrogen and oxygen atoms in total. The van der Waals surface area contributed by atoms with Crippen LogP contribution in [-0.2, 0) is 11.3 Å². The zero-order valence-corrected chi connectivity index (χ0v) is 14.0. The Kier molecular flexibility index (Phi) is 3.57. The van der Waals surface area contributed by atoms with Gasteiger partial charge in [0.1, 0.15) is 6.10 Å². The maximum atomic E-state index is 6.48. The van der Waals surface area contributed by atoms with Crippen LogP contribution in [0.3, 0.4) is 0 Å². The Morgan fingerprint density at radius 1 is 0.917 bits per heavy atom. The van der Waals surface area contributed by atoms with E-state index in [1.165, 1.54) is 48.3 Å². The Balaban J connectivity index is 1.51. The first-order chi connectivity index (χ1) is 11.9. The molecule has 3 heteroatoms. The molecule has 2 fully saturated rings. The van der Waals surface area contributed by atoms with E-state index >= 15 is 0 Å². The minimum absolute atomic E-state index is 0.298. The molecular formula is C21H24N2O. The van der Waals surface area contributed by atoms with Gasteiger partial charge in [0.15, 0.2) is 0 Å². The molecule has 0 bridgehead atoms. The van der Waals surface area contributed by atoms with Gasteiger partial charge in [-0.1, -0.05) is 42.5 Å². The fourth-order valence-electron chi connectivity index (χ4n) is 4.56. The summed E-state index contributed by atoms with van der Waals surface area (Å²) in [7, 11) is 0. The van der Waals surface area contributed by atoms with Gasteiger partial charge in [-0.05, 0) is 55.1 Å². The molecule has 3 heterocycles.